The maximum absolute atomic E-state index is 12.0. The molecule has 0 aromatic carbocycles. The molecule has 6 nitrogen and oxygen atoms in total. The van der Waals surface area contributed by atoms with E-state index in [2.05, 4.69) is 51.2 Å². The molecule has 1 saturated carbocycles. The van der Waals surface area contributed by atoms with Gasteiger partial charge in [0, 0.05) is 11.5 Å². The van der Waals surface area contributed by atoms with Crippen molar-refractivity contribution in [1.82, 2.24) is 5.32 Å². The van der Waals surface area contributed by atoms with Gasteiger partial charge in [0.05, 0.1) is 11.8 Å². The maximum Gasteiger partial charge on any atom is 0.327 e. The Labute approximate surface area is 183 Å². The zero-order valence-electron chi connectivity index (χ0n) is 18.4. The van der Waals surface area contributed by atoms with Crippen molar-refractivity contribution in [3.05, 3.63) is 34.9 Å². The van der Waals surface area contributed by atoms with Crippen LogP contribution in [0.3, 0.4) is 0 Å². The Hall–Kier alpha value is -2.02. The van der Waals surface area contributed by atoms with Crippen LogP contribution in [0.1, 0.15) is 59.8 Å². The molecule has 0 spiro atoms. The summed E-state index contributed by atoms with van der Waals surface area (Å²) in [5, 5.41) is 20.6. The summed E-state index contributed by atoms with van der Waals surface area (Å²) >= 11 is 1.44. The van der Waals surface area contributed by atoms with Gasteiger partial charge in [0.1, 0.15) is 6.04 Å². The molecule has 0 radical (unpaired) electrons. The lowest BCUT2D eigenvalue weighted by Crippen LogP contribution is -2.43. The van der Waals surface area contributed by atoms with Gasteiger partial charge in [0.2, 0.25) is 5.91 Å². The Morgan fingerprint density at radius 2 is 1.57 bits per heavy atom. The lowest BCUT2D eigenvalue weighted by atomic mass is 10.1. The van der Waals surface area contributed by atoms with Crippen LogP contribution in [-0.2, 0) is 14.4 Å². The van der Waals surface area contributed by atoms with E-state index in [0.29, 0.717) is 5.75 Å². The first kappa shape index (κ1) is 26.0. The van der Waals surface area contributed by atoms with Crippen molar-refractivity contribution >= 4 is 29.6 Å². The van der Waals surface area contributed by atoms with Gasteiger partial charge in [0.25, 0.3) is 0 Å². The molecule has 1 fully saturated rings. The lowest BCUT2D eigenvalue weighted by Gasteiger charge is -2.13. The molecule has 0 bridgehead atoms. The van der Waals surface area contributed by atoms with Crippen LogP contribution in [0.15, 0.2) is 34.9 Å². The lowest BCUT2D eigenvalue weighted by molar-refractivity contribution is -0.142. The fourth-order valence-corrected chi connectivity index (χ4v) is 3.94. The third kappa shape index (κ3) is 10.7. The molecule has 0 aromatic rings. The Bertz CT molecular complexity index is 706. The topological polar surface area (TPSA) is 104 Å². The number of carboxylic acid groups (broad SMARTS) is 2. The minimum Gasteiger partial charge on any atom is -0.481 e. The van der Waals surface area contributed by atoms with Crippen molar-refractivity contribution in [3.63, 3.8) is 0 Å². The van der Waals surface area contributed by atoms with Gasteiger partial charge in [-0.05, 0) is 59.8 Å². The van der Waals surface area contributed by atoms with Crippen LogP contribution in [0.25, 0.3) is 0 Å². The monoisotopic (exact) mass is 437 g/mol. The third-order valence-electron chi connectivity index (χ3n) is 5.02. The van der Waals surface area contributed by atoms with E-state index in [0.717, 1.165) is 25.7 Å². The summed E-state index contributed by atoms with van der Waals surface area (Å²) in [6.45, 7) is 8.45. The first-order chi connectivity index (χ1) is 14.1. The maximum atomic E-state index is 12.0. The molecule has 1 aliphatic carbocycles. The van der Waals surface area contributed by atoms with Gasteiger partial charge in [-0.15, -0.1) is 0 Å². The summed E-state index contributed by atoms with van der Waals surface area (Å²) in [5.41, 5.74) is 4.00. The average Bonchev–Trinajstić information content (AvgIpc) is 3.44. The fourth-order valence-electron chi connectivity index (χ4n) is 2.94. The van der Waals surface area contributed by atoms with E-state index in [1.54, 1.807) is 0 Å². The Morgan fingerprint density at radius 3 is 2.10 bits per heavy atom. The highest BCUT2D eigenvalue weighted by Gasteiger charge is 2.48. The summed E-state index contributed by atoms with van der Waals surface area (Å²) in [6.07, 6.45) is 11.0. The number of nitrogens with one attached hydrogen (secondary N) is 1. The van der Waals surface area contributed by atoms with Crippen LogP contribution in [-0.4, -0.2) is 45.6 Å². The zero-order chi connectivity index (χ0) is 22.7. The molecule has 3 N–H and O–H groups in total. The molecule has 0 aliphatic heterocycles. The largest absolute Gasteiger partial charge is 0.481 e. The number of aliphatic carboxylic acids is 2. The summed E-state index contributed by atoms with van der Waals surface area (Å²) < 4.78 is 0. The third-order valence-corrected chi connectivity index (χ3v) is 5.99. The highest BCUT2D eigenvalue weighted by Crippen LogP contribution is 2.38. The van der Waals surface area contributed by atoms with Crippen LogP contribution in [0.2, 0.25) is 0 Å². The molecule has 1 rings (SSSR count). The van der Waals surface area contributed by atoms with E-state index in [-0.39, 0.29) is 12.2 Å². The number of carboxylic acids is 2. The number of hydrogen-bond donors (Lipinski definition) is 3. The first-order valence-electron chi connectivity index (χ1n) is 10.4. The molecular formula is C23H35NO5S. The minimum absolute atomic E-state index is 0.249. The number of carbonyl (C=O) groups excluding carboxylic acids is 1. The van der Waals surface area contributed by atoms with Gasteiger partial charge < -0.3 is 15.5 Å². The van der Waals surface area contributed by atoms with E-state index in [1.165, 1.54) is 28.5 Å². The van der Waals surface area contributed by atoms with Gasteiger partial charge in [0.15, 0.2) is 0 Å². The second-order valence-corrected chi connectivity index (χ2v) is 9.26. The van der Waals surface area contributed by atoms with E-state index in [9.17, 15) is 19.5 Å². The highest BCUT2D eigenvalue weighted by atomic mass is 32.2. The standard InChI is InChI=1S/C23H35NO5S/c1-15(2)7-5-8-16(3)9-6-10-17(4)11-12-30-14-20(23(28)29)24-21(25)18-13-19(18)22(26)27/h7,9,11,18-20H,5-6,8,10,12-14H2,1-4H3,(H,24,25)(H,26,27)(H,28,29)/b16-9+,17-11+/t18-,19+,20+/m1/s1. The molecular weight excluding hydrogens is 402 g/mol. The van der Waals surface area contributed by atoms with Gasteiger partial charge in [-0.25, -0.2) is 4.79 Å². The zero-order valence-corrected chi connectivity index (χ0v) is 19.3. The predicted molar refractivity (Wildman–Crippen MR) is 122 cm³/mol. The predicted octanol–water partition coefficient (Wildman–Crippen LogP) is 4.43. The van der Waals surface area contributed by atoms with Crippen LogP contribution in [0.5, 0.6) is 0 Å². The van der Waals surface area contributed by atoms with Crippen LogP contribution >= 0.6 is 11.8 Å². The van der Waals surface area contributed by atoms with E-state index in [4.69, 9.17) is 5.11 Å². The minimum atomic E-state index is -1.10. The molecule has 0 heterocycles. The van der Waals surface area contributed by atoms with Crippen molar-refractivity contribution < 1.29 is 24.6 Å². The smallest absolute Gasteiger partial charge is 0.327 e. The van der Waals surface area contributed by atoms with Crippen LogP contribution in [0.4, 0.5) is 0 Å². The number of allylic oxidation sites excluding steroid dienone is 5. The molecule has 0 aromatic heterocycles. The van der Waals surface area contributed by atoms with E-state index >= 15 is 0 Å². The summed E-state index contributed by atoms with van der Waals surface area (Å²) in [7, 11) is 0. The van der Waals surface area contributed by atoms with Gasteiger partial charge in [-0.1, -0.05) is 34.9 Å². The normalized spacial score (nSPS) is 19.7. The van der Waals surface area contributed by atoms with Crippen molar-refractivity contribution in [3.8, 4) is 0 Å². The molecule has 1 amide bonds. The summed E-state index contributed by atoms with van der Waals surface area (Å²) in [6, 6.07) is -1.00. The summed E-state index contributed by atoms with van der Waals surface area (Å²) in [5.74, 6) is -2.94. The number of carbonyl (C=O) groups is 3. The fraction of sp³-hybridized carbons (Fsp3) is 0.609. The Balaban J connectivity index is 2.30. The number of hydrogen-bond acceptors (Lipinski definition) is 4. The number of thioether (sulfide) groups is 1. The van der Waals surface area contributed by atoms with Crippen LogP contribution < -0.4 is 5.32 Å². The van der Waals surface area contributed by atoms with Crippen molar-refractivity contribution in [1.29, 1.82) is 0 Å². The van der Waals surface area contributed by atoms with Gasteiger partial charge in [-0.2, -0.15) is 11.8 Å². The van der Waals surface area contributed by atoms with Crippen molar-refractivity contribution in [2.45, 2.75) is 65.8 Å². The first-order valence-corrected chi connectivity index (χ1v) is 11.6. The Kier molecular flexibility index (Phi) is 11.5. The quantitative estimate of drug-likeness (QED) is 0.274. The molecule has 1 aliphatic rings. The molecule has 0 unspecified atom stereocenters. The van der Waals surface area contributed by atoms with E-state index in [1.807, 2.05) is 0 Å². The molecule has 168 valence electrons. The second-order valence-electron chi connectivity index (χ2n) is 8.18. The van der Waals surface area contributed by atoms with Gasteiger partial charge >= 0.3 is 11.9 Å². The highest BCUT2D eigenvalue weighted by molar-refractivity contribution is 7.99. The van der Waals surface area contributed by atoms with E-state index < -0.39 is 35.7 Å². The number of amides is 1. The average molecular weight is 438 g/mol. The molecule has 30 heavy (non-hydrogen) atoms. The summed E-state index contributed by atoms with van der Waals surface area (Å²) in [4.78, 5) is 34.2. The Morgan fingerprint density at radius 1 is 0.967 bits per heavy atom. The molecule has 7 heteroatoms. The van der Waals surface area contributed by atoms with Gasteiger partial charge in [-0.3, -0.25) is 9.59 Å². The van der Waals surface area contributed by atoms with Crippen LogP contribution in [0, 0.1) is 11.8 Å². The molecule has 0 saturated heterocycles. The SMILES string of the molecule is CC(C)=CCC/C(C)=C/CC/C(C)=C/CSC[C@H](NC(=O)[C@@H]1C[C@@H]1C(=O)O)C(=O)O. The number of rotatable bonds is 14. The second kappa shape index (κ2) is 13.3. The van der Waals surface area contributed by atoms with Crippen molar-refractivity contribution in [2.24, 2.45) is 11.8 Å². The van der Waals surface area contributed by atoms with Crippen molar-refractivity contribution in [2.75, 3.05) is 11.5 Å². The molecule has 3 atom stereocenters.